The van der Waals surface area contributed by atoms with Crippen molar-refractivity contribution in [3.8, 4) is 0 Å². The van der Waals surface area contributed by atoms with Crippen molar-refractivity contribution >= 4 is 40.5 Å². The van der Waals surface area contributed by atoms with Crippen LogP contribution in [0.4, 0.5) is 5.69 Å². The van der Waals surface area contributed by atoms with E-state index in [2.05, 4.69) is 9.97 Å². The Morgan fingerprint density at radius 3 is 2.83 bits per heavy atom. The lowest BCUT2D eigenvalue weighted by atomic mass is 10.3. The molecule has 12 heavy (non-hydrogen) atoms. The first-order valence-corrected chi connectivity index (χ1v) is 4.12. The number of nitrogens with two attached hydrogens (primary N) is 1. The quantitative estimate of drug-likeness (QED) is 0.451. The number of hydrogen-bond donors (Lipinski definition) is 3. The highest BCUT2D eigenvalue weighted by atomic mass is 35.5. The Balaban J connectivity index is 2.97. The largest absolute Gasteiger partial charge is 0.397 e. The van der Waals surface area contributed by atoms with E-state index < -0.39 is 0 Å². The summed E-state index contributed by atoms with van der Waals surface area (Å²) in [4.78, 5) is 5.86. The molecule has 4 N–H and O–H groups in total. The van der Waals surface area contributed by atoms with Crippen LogP contribution in [0.25, 0.3) is 11.0 Å². The topological polar surface area (TPSA) is 57.6 Å². The van der Waals surface area contributed by atoms with Crippen LogP contribution < -0.4 is 5.73 Å². The van der Waals surface area contributed by atoms with E-state index >= 15 is 0 Å². The lowest BCUT2D eigenvalue weighted by Crippen LogP contribution is -1.85. The van der Waals surface area contributed by atoms with Crippen LogP contribution in [-0.4, -0.2) is 9.97 Å². The van der Waals surface area contributed by atoms with Crippen LogP contribution in [0, 0.1) is 4.77 Å². The van der Waals surface area contributed by atoms with E-state index in [9.17, 15) is 0 Å². The van der Waals surface area contributed by atoms with Crippen molar-refractivity contribution in [2.45, 2.75) is 0 Å². The highest BCUT2D eigenvalue weighted by Crippen LogP contribution is 2.22. The third kappa shape index (κ3) is 1.09. The predicted molar refractivity (Wildman–Crippen MR) is 52.9 cm³/mol. The van der Waals surface area contributed by atoms with Gasteiger partial charge in [0.25, 0.3) is 0 Å². The maximum Gasteiger partial charge on any atom is 0.175 e. The minimum absolute atomic E-state index is 0.555. The van der Waals surface area contributed by atoms with E-state index in [4.69, 9.17) is 29.6 Å². The lowest BCUT2D eigenvalue weighted by Gasteiger charge is -1.95. The number of aromatic nitrogens is 2. The van der Waals surface area contributed by atoms with Crippen LogP contribution in [0.3, 0.4) is 0 Å². The standard InChI is InChI=1S/C7H6ClN3S/c8-3-1-4(9)6-5(2-3)10-7(12)11-6/h1-2H,9H2,(H2,10,11,12). The van der Waals surface area contributed by atoms with Crippen molar-refractivity contribution in [3.63, 3.8) is 0 Å². The van der Waals surface area contributed by atoms with Gasteiger partial charge in [-0.05, 0) is 24.4 Å². The zero-order chi connectivity index (χ0) is 8.72. The Kier molecular flexibility index (Phi) is 1.59. The van der Waals surface area contributed by atoms with Gasteiger partial charge in [0.2, 0.25) is 0 Å². The molecule has 0 saturated heterocycles. The number of nitrogens with one attached hydrogen (secondary N) is 2. The number of H-pyrrole nitrogens is 2. The number of nitrogen functional groups attached to an aromatic ring is 1. The molecule has 0 aliphatic carbocycles. The Morgan fingerprint density at radius 2 is 2.08 bits per heavy atom. The summed E-state index contributed by atoms with van der Waals surface area (Å²) in [6.07, 6.45) is 0. The molecule has 1 heterocycles. The second kappa shape index (κ2) is 2.50. The molecular weight excluding hydrogens is 194 g/mol. The first-order chi connectivity index (χ1) is 5.66. The first-order valence-electron chi connectivity index (χ1n) is 3.34. The van der Waals surface area contributed by atoms with Gasteiger partial charge in [0, 0.05) is 5.02 Å². The second-order valence-electron chi connectivity index (χ2n) is 2.50. The Bertz CT molecular complexity index is 485. The highest BCUT2D eigenvalue weighted by Gasteiger charge is 2.01. The molecule has 1 aromatic carbocycles. The molecule has 0 radical (unpaired) electrons. The first kappa shape index (κ1) is 7.64. The van der Waals surface area contributed by atoms with Gasteiger partial charge < -0.3 is 15.7 Å². The van der Waals surface area contributed by atoms with E-state index in [1.54, 1.807) is 12.1 Å². The number of halogens is 1. The number of benzene rings is 1. The smallest absolute Gasteiger partial charge is 0.175 e. The summed E-state index contributed by atoms with van der Waals surface area (Å²) in [7, 11) is 0. The Morgan fingerprint density at radius 1 is 1.33 bits per heavy atom. The van der Waals surface area contributed by atoms with Crippen LogP contribution in [-0.2, 0) is 0 Å². The van der Waals surface area contributed by atoms with E-state index in [1.807, 2.05) is 0 Å². The van der Waals surface area contributed by atoms with Crippen molar-refractivity contribution in [1.29, 1.82) is 0 Å². The Labute approximate surface area is 78.5 Å². The summed E-state index contributed by atoms with van der Waals surface area (Å²) in [5.41, 5.74) is 7.94. The predicted octanol–water partition coefficient (Wildman–Crippen LogP) is 2.46. The van der Waals surface area contributed by atoms with Crippen LogP contribution in [0.1, 0.15) is 0 Å². The minimum Gasteiger partial charge on any atom is -0.397 e. The number of rotatable bonds is 0. The van der Waals surface area contributed by atoms with Gasteiger partial charge in [-0.25, -0.2) is 0 Å². The fourth-order valence-electron chi connectivity index (χ4n) is 1.13. The van der Waals surface area contributed by atoms with E-state index in [-0.39, 0.29) is 0 Å². The molecule has 0 aliphatic heterocycles. The van der Waals surface area contributed by atoms with Gasteiger partial charge in [-0.1, -0.05) is 11.6 Å². The summed E-state index contributed by atoms with van der Waals surface area (Å²) in [6.45, 7) is 0. The minimum atomic E-state index is 0.555. The number of fused-ring (bicyclic) bond motifs is 1. The fourth-order valence-corrected chi connectivity index (χ4v) is 1.57. The van der Waals surface area contributed by atoms with Gasteiger partial charge in [-0.3, -0.25) is 0 Å². The van der Waals surface area contributed by atoms with Crippen molar-refractivity contribution in [3.05, 3.63) is 21.9 Å². The van der Waals surface area contributed by atoms with E-state index in [0.717, 1.165) is 11.0 Å². The molecule has 62 valence electrons. The van der Waals surface area contributed by atoms with Crippen molar-refractivity contribution in [2.24, 2.45) is 0 Å². The average Bonchev–Trinajstić information content (AvgIpc) is 2.29. The van der Waals surface area contributed by atoms with E-state index in [1.165, 1.54) is 0 Å². The lowest BCUT2D eigenvalue weighted by molar-refractivity contribution is 1.30. The van der Waals surface area contributed by atoms with Crippen molar-refractivity contribution in [1.82, 2.24) is 9.97 Å². The normalized spacial score (nSPS) is 10.8. The van der Waals surface area contributed by atoms with Crippen LogP contribution in [0.2, 0.25) is 5.02 Å². The zero-order valence-corrected chi connectivity index (χ0v) is 7.59. The molecule has 0 unspecified atom stereocenters. The van der Waals surface area contributed by atoms with Crippen LogP contribution in [0.15, 0.2) is 12.1 Å². The molecule has 5 heteroatoms. The van der Waals surface area contributed by atoms with Crippen LogP contribution in [0.5, 0.6) is 0 Å². The molecule has 2 aromatic rings. The summed E-state index contributed by atoms with van der Waals surface area (Å²) in [5, 5.41) is 0.602. The number of hydrogen-bond acceptors (Lipinski definition) is 2. The van der Waals surface area contributed by atoms with Crippen molar-refractivity contribution in [2.75, 3.05) is 5.73 Å². The summed E-state index contributed by atoms with van der Waals surface area (Å²) in [5.74, 6) is 0. The fraction of sp³-hybridized carbons (Fsp3) is 0. The van der Waals surface area contributed by atoms with Gasteiger partial charge in [-0.2, -0.15) is 0 Å². The molecule has 0 amide bonds. The molecule has 1 aromatic heterocycles. The third-order valence-electron chi connectivity index (χ3n) is 1.62. The third-order valence-corrected chi connectivity index (χ3v) is 2.04. The molecular formula is C7H6ClN3S. The maximum absolute atomic E-state index is 5.79. The molecule has 0 saturated carbocycles. The van der Waals surface area contributed by atoms with Gasteiger partial charge in [0.15, 0.2) is 4.77 Å². The molecule has 0 spiro atoms. The maximum atomic E-state index is 5.79. The van der Waals surface area contributed by atoms with Gasteiger partial charge >= 0.3 is 0 Å². The number of anilines is 1. The van der Waals surface area contributed by atoms with Gasteiger partial charge in [0.1, 0.15) is 0 Å². The number of imidazole rings is 1. The Hall–Kier alpha value is -1.00. The zero-order valence-electron chi connectivity index (χ0n) is 6.02. The second-order valence-corrected chi connectivity index (χ2v) is 3.34. The molecule has 3 nitrogen and oxygen atoms in total. The SMILES string of the molecule is Nc1cc(Cl)cc2[nH]c(=S)[nH]c12. The summed E-state index contributed by atoms with van der Waals surface area (Å²) < 4.78 is 0.555. The highest BCUT2D eigenvalue weighted by molar-refractivity contribution is 7.71. The summed E-state index contributed by atoms with van der Waals surface area (Å²) >= 11 is 10.7. The molecule has 2 rings (SSSR count). The molecule has 0 atom stereocenters. The summed E-state index contributed by atoms with van der Waals surface area (Å²) in [6, 6.07) is 3.46. The molecule has 0 aliphatic rings. The van der Waals surface area contributed by atoms with Gasteiger partial charge in [-0.15, -0.1) is 0 Å². The monoisotopic (exact) mass is 199 g/mol. The number of aromatic amines is 2. The average molecular weight is 200 g/mol. The molecule has 0 fully saturated rings. The van der Waals surface area contributed by atoms with Crippen LogP contribution >= 0.6 is 23.8 Å². The van der Waals surface area contributed by atoms with Crippen molar-refractivity contribution < 1.29 is 0 Å². The molecule has 0 bridgehead atoms. The van der Waals surface area contributed by atoms with Gasteiger partial charge in [0.05, 0.1) is 16.7 Å². The van der Waals surface area contributed by atoms with E-state index in [0.29, 0.717) is 15.5 Å².